The van der Waals surface area contributed by atoms with Gasteiger partial charge in [-0.25, -0.2) is 8.42 Å². The number of hydrogen-bond donors (Lipinski definition) is 0. The number of nitriles is 1. The van der Waals surface area contributed by atoms with Gasteiger partial charge in [-0.05, 0) is 23.8 Å². The lowest BCUT2D eigenvalue weighted by Crippen LogP contribution is -2.49. The Kier molecular flexibility index (Phi) is 6.14. The highest BCUT2D eigenvalue weighted by molar-refractivity contribution is 7.89. The molecule has 4 rings (SSSR count). The number of ketones is 1. The molecule has 2 aliphatic heterocycles. The number of piperazine rings is 1. The average molecular weight is 465 g/mol. The lowest BCUT2D eigenvalue weighted by molar-refractivity contribution is -0.116. The summed E-state index contributed by atoms with van der Waals surface area (Å²) in [6, 6.07) is 16.4. The van der Waals surface area contributed by atoms with Crippen LogP contribution in [0.1, 0.15) is 25.0 Å². The second-order valence-corrected chi connectivity index (χ2v) is 10.9. The summed E-state index contributed by atoms with van der Waals surface area (Å²) in [6.45, 7) is 5.97. The topological polar surface area (TPSA) is 84.7 Å². The lowest BCUT2D eigenvalue weighted by Gasteiger charge is -2.33. The normalized spacial score (nSPS) is 19.9. The molecule has 1 saturated heterocycles. The molecule has 0 spiro atoms. The van der Waals surface area contributed by atoms with Crippen molar-refractivity contribution in [2.45, 2.75) is 24.2 Å². The summed E-state index contributed by atoms with van der Waals surface area (Å²) in [5, 5.41) is 9.26. The summed E-state index contributed by atoms with van der Waals surface area (Å²) in [7, 11) is -1.77. The molecule has 0 unspecified atom stereocenters. The van der Waals surface area contributed by atoms with E-state index in [1.165, 1.54) is 22.0 Å². The molecule has 2 aromatic rings. The number of carbonyl (C=O) groups is 1. The smallest absolute Gasteiger partial charge is 0.244 e. The fourth-order valence-corrected chi connectivity index (χ4v) is 6.29. The van der Waals surface area contributed by atoms with Gasteiger partial charge in [0.05, 0.1) is 17.0 Å². The Bertz CT molecular complexity index is 1250. The number of para-hydroxylation sites is 1. The zero-order valence-corrected chi connectivity index (χ0v) is 20.0. The molecule has 33 heavy (non-hydrogen) atoms. The predicted octanol–water partition coefficient (Wildman–Crippen LogP) is 2.75. The van der Waals surface area contributed by atoms with E-state index in [1.807, 2.05) is 30.1 Å². The van der Waals surface area contributed by atoms with Gasteiger partial charge in [-0.15, -0.1) is 0 Å². The van der Waals surface area contributed by atoms with Crippen molar-refractivity contribution in [2.24, 2.45) is 0 Å². The number of allylic oxidation sites excluding steroid dienone is 1. The highest BCUT2D eigenvalue weighted by Gasteiger charge is 2.38. The molecule has 0 amide bonds. The Labute approximate surface area is 195 Å². The minimum atomic E-state index is -3.75. The first-order chi connectivity index (χ1) is 15.7. The molecule has 0 atom stereocenters. The molecule has 7 nitrogen and oxygen atoms in total. The highest BCUT2D eigenvalue weighted by atomic mass is 32.2. The van der Waals surface area contributed by atoms with Crippen LogP contribution in [0.15, 0.2) is 65.2 Å². The summed E-state index contributed by atoms with van der Waals surface area (Å²) < 4.78 is 27.4. The minimum absolute atomic E-state index is 0.00358. The van der Waals surface area contributed by atoms with E-state index in [0.717, 1.165) is 11.4 Å². The maximum atomic E-state index is 13.0. The van der Waals surface area contributed by atoms with Crippen LogP contribution in [-0.4, -0.2) is 63.2 Å². The van der Waals surface area contributed by atoms with Gasteiger partial charge < -0.3 is 4.90 Å². The number of anilines is 1. The van der Waals surface area contributed by atoms with Crippen LogP contribution in [0.2, 0.25) is 0 Å². The largest absolute Gasteiger partial charge is 0.347 e. The van der Waals surface area contributed by atoms with Crippen LogP contribution in [-0.2, 0) is 20.2 Å². The Morgan fingerprint density at radius 3 is 2.36 bits per heavy atom. The molecular weight excluding hydrogens is 436 g/mol. The van der Waals surface area contributed by atoms with Crippen molar-refractivity contribution in [3.8, 4) is 6.07 Å². The van der Waals surface area contributed by atoms with Crippen LogP contribution in [0.4, 0.5) is 5.69 Å². The van der Waals surface area contributed by atoms with Crippen molar-refractivity contribution in [3.05, 3.63) is 71.4 Å². The van der Waals surface area contributed by atoms with Gasteiger partial charge in [0.1, 0.15) is 6.07 Å². The van der Waals surface area contributed by atoms with Crippen molar-refractivity contribution >= 4 is 21.5 Å². The van der Waals surface area contributed by atoms with Crippen LogP contribution in [0, 0.1) is 11.3 Å². The summed E-state index contributed by atoms with van der Waals surface area (Å²) >= 11 is 0. The van der Waals surface area contributed by atoms with E-state index in [9.17, 15) is 18.5 Å². The molecule has 2 aliphatic rings. The van der Waals surface area contributed by atoms with Gasteiger partial charge in [-0.1, -0.05) is 44.2 Å². The second-order valence-electron chi connectivity index (χ2n) is 8.99. The number of fused-ring (bicyclic) bond motifs is 1. The molecule has 0 radical (unpaired) electrons. The average Bonchev–Trinajstić information content (AvgIpc) is 3.00. The highest BCUT2D eigenvalue weighted by Crippen LogP contribution is 2.46. The monoisotopic (exact) mass is 464 g/mol. The molecule has 0 aliphatic carbocycles. The Morgan fingerprint density at radius 2 is 1.70 bits per heavy atom. The fourth-order valence-electron chi connectivity index (χ4n) is 4.73. The van der Waals surface area contributed by atoms with E-state index >= 15 is 0 Å². The zero-order valence-electron chi connectivity index (χ0n) is 19.2. The molecule has 1 fully saturated rings. The fraction of sp³-hybridized carbons (Fsp3) is 0.360. The van der Waals surface area contributed by atoms with Crippen LogP contribution in [0.25, 0.3) is 0 Å². The zero-order chi connectivity index (χ0) is 23.8. The van der Waals surface area contributed by atoms with Crippen LogP contribution in [0.5, 0.6) is 0 Å². The minimum Gasteiger partial charge on any atom is -0.347 e. The van der Waals surface area contributed by atoms with Crippen LogP contribution < -0.4 is 4.90 Å². The van der Waals surface area contributed by atoms with Gasteiger partial charge in [0.2, 0.25) is 10.0 Å². The summed E-state index contributed by atoms with van der Waals surface area (Å²) in [4.78, 5) is 17.0. The van der Waals surface area contributed by atoms with Crippen molar-refractivity contribution in [2.75, 3.05) is 44.7 Å². The predicted molar refractivity (Wildman–Crippen MR) is 127 cm³/mol. The van der Waals surface area contributed by atoms with Gasteiger partial charge in [0, 0.05) is 56.1 Å². The number of likely N-dealkylation sites (N-methyl/N-ethyl adjacent to an activating group) is 1. The molecule has 8 heteroatoms. The molecule has 0 bridgehead atoms. The van der Waals surface area contributed by atoms with E-state index in [2.05, 4.69) is 30.9 Å². The standard InChI is InChI=1S/C25H28N4O3S/c1-25(2)21-9-5-6-10-22(21)27(3)24(25)16-20(30)18-28-12-14-29(15-13-28)33(31,32)23-11-7-4-8-19(23)17-26/h4-11,16H,12-15,18H2,1-3H3/b24-16-. The Balaban J connectivity index is 1.42. The maximum absolute atomic E-state index is 13.0. The van der Waals surface area contributed by atoms with Gasteiger partial charge in [0.25, 0.3) is 0 Å². The first-order valence-corrected chi connectivity index (χ1v) is 12.4. The third-order valence-corrected chi connectivity index (χ3v) is 8.53. The van der Waals surface area contributed by atoms with E-state index in [1.54, 1.807) is 18.2 Å². The lowest BCUT2D eigenvalue weighted by atomic mass is 9.83. The molecule has 2 aromatic carbocycles. The molecule has 2 heterocycles. The SMILES string of the molecule is CN1/C(=C\C(=O)CN2CCN(S(=O)(=O)c3ccccc3C#N)CC2)C(C)(C)c2ccccc21. The van der Waals surface area contributed by atoms with E-state index in [-0.39, 0.29) is 41.3 Å². The first kappa shape index (κ1) is 23.2. The second kappa shape index (κ2) is 8.75. The molecular formula is C25H28N4O3S. The van der Waals surface area contributed by atoms with Gasteiger partial charge >= 0.3 is 0 Å². The maximum Gasteiger partial charge on any atom is 0.244 e. The van der Waals surface area contributed by atoms with Crippen molar-refractivity contribution in [1.29, 1.82) is 5.26 Å². The molecule has 0 aromatic heterocycles. The summed E-state index contributed by atoms with van der Waals surface area (Å²) in [5.41, 5.74) is 3.15. The van der Waals surface area contributed by atoms with Crippen molar-refractivity contribution in [3.63, 3.8) is 0 Å². The quantitative estimate of drug-likeness (QED) is 0.633. The van der Waals surface area contributed by atoms with Crippen LogP contribution >= 0.6 is 0 Å². The summed E-state index contributed by atoms with van der Waals surface area (Å²) in [6.07, 6.45) is 1.73. The first-order valence-electron chi connectivity index (χ1n) is 11.0. The number of sulfonamides is 1. The number of hydrogen-bond acceptors (Lipinski definition) is 6. The van der Waals surface area contributed by atoms with Crippen molar-refractivity contribution < 1.29 is 13.2 Å². The Morgan fingerprint density at radius 1 is 1.06 bits per heavy atom. The Hall–Kier alpha value is -2.99. The van der Waals surface area contributed by atoms with E-state index in [0.29, 0.717) is 13.1 Å². The van der Waals surface area contributed by atoms with Crippen molar-refractivity contribution in [1.82, 2.24) is 9.21 Å². The summed E-state index contributed by atoms with van der Waals surface area (Å²) in [5.74, 6) is 0.00358. The molecule has 0 N–H and O–H groups in total. The molecule has 0 saturated carbocycles. The van der Waals surface area contributed by atoms with Gasteiger partial charge in [-0.3, -0.25) is 9.69 Å². The third kappa shape index (κ3) is 4.20. The van der Waals surface area contributed by atoms with Crippen LogP contribution in [0.3, 0.4) is 0 Å². The van der Waals surface area contributed by atoms with E-state index < -0.39 is 10.0 Å². The van der Waals surface area contributed by atoms with E-state index in [4.69, 9.17) is 0 Å². The number of benzene rings is 2. The number of rotatable bonds is 5. The number of carbonyl (C=O) groups excluding carboxylic acids is 1. The third-order valence-electron chi connectivity index (χ3n) is 6.57. The van der Waals surface area contributed by atoms with Gasteiger partial charge in [0.15, 0.2) is 5.78 Å². The molecule has 172 valence electrons. The van der Waals surface area contributed by atoms with Gasteiger partial charge in [-0.2, -0.15) is 9.57 Å². The number of nitrogens with zero attached hydrogens (tertiary/aromatic N) is 4.